The van der Waals surface area contributed by atoms with Gasteiger partial charge in [-0.15, -0.1) is 0 Å². The molecule has 6 heteroatoms. The van der Waals surface area contributed by atoms with Crippen molar-refractivity contribution in [2.75, 3.05) is 0 Å². The number of hydrogen-bond donors (Lipinski definition) is 2. The SMILES string of the molecule is CCC(C)(C)NC(=O)c1cccc(-c2ccc(S(=O)(=O)NCc3ccccc3)cc2)c1. The molecule has 2 N–H and O–H groups in total. The summed E-state index contributed by atoms with van der Waals surface area (Å²) in [5.41, 5.74) is 2.87. The highest BCUT2D eigenvalue weighted by molar-refractivity contribution is 7.89. The Hall–Kier alpha value is -2.96. The van der Waals surface area contributed by atoms with Crippen LogP contribution in [0.2, 0.25) is 0 Å². The molecule has 0 aliphatic heterocycles. The second kappa shape index (κ2) is 9.45. The molecule has 162 valence electrons. The van der Waals surface area contributed by atoms with Gasteiger partial charge >= 0.3 is 0 Å². The molecule has 3 aromatic rings. The minimum Gasteiger partial charge on any atom is -0.347 e. The summed E-state index contributed by atoms with van der Waals surface area (Å²) in [6.45, 7) is 6.23. The van der Waals surface area contributed by atoms with Crippen LogP contribution in [-0.2, 0) is 16.6 Å². The van der Waals surface area contributed by atoms with Crippen LogP contribution >= 0.6 is 0 Å². The molecule has 0 unspecified atom stereocenters. The Morgan fingerprint density at radius 2 is 1.55 bits per heavy atom. The summed E-state index contributed by atoms with van der Waals surface area (Å²) >= 11 is 0. The number of hydrogen-bond acceptors (Lipinski definition) is 3. The Morgan fingerprint density at radius 3 is 2.19 bits per heavy atom. The first-order chi connectivity index (χ1) is 14.7. The molecule has 0 bridgehead atoms. The zero-order chi connectivity index (χ0) is 22.5. The smallest absolute Gasteiger partial charge is 0.251 e. The van der Waals surface area contributed by atoms with E-state index in [1.54, 1.807) is 30.3 Å². The maximum atomic E-state index is 12.6. The highest BCUT2D eigenvalue weighted by Gasteiger charge is 2.19. The van der Waals surface area contributed by atoms with E-state index < -0.39 is 10.0 Å². The van der Waals surface area contributed by atoms with E-state index in [1.807, 2.05) is 69.3 Å². The normalized spacial score (nSPS) is 11.8. The maximum absolute atomic E-state index is 12.6. The van der Waals surface area contributed by atoms with E-state index in [-0.39, 0.29) is 22.9 Å². The van der Waals surface area contributed by atoms with Crippen LogP contribution in [0.25, 0.3) is 11.1 Å². The molecule has 1 amide bonds. The van der Waals surface area contributed by atoms with Crippen LogP contribution in [0.5, 0.6) is 0 Å². The number of nitrogens with one attached hydrogen (secondary N) is 2. The summed E-state index contributed by atoms with van der Waals surface area (Å²) in [4.78, 5) is 12.8. The predicted octanol–water partition coefficient (Wildman–Crippen LogP) is 4.75. The number of carbonyl (C=O) groups is 1. The average Bonchev–Trinajstić information content (AvgIpc) is 2.78. The van der Waals surface area contributed by atoms with Gasteiger partial charge in [-0.25, -0.2) is 13.1 Å². The minimum absolute atomic E-state index is 0.127. The highest BCUT2D eigenvalue weighted by Crippen LogP contribution is 2.23. The summed E-state index contributed by atoms with van der Waals surface area (Å²) in [7, 11) is -3.62. The van der Waals surface area contributed by atoms with E-state index in [1.165, 1.54) is 0 Å². The molecule has 0 spiro atoms. The van der Waals surface area contributed by atoms with Gasteiger partial charge in [-0.2, -0.15) is 0 Å². The van der Waals surface area contributed by atoms with Crippen LogP contribution in [-0.4, -0.2) is 19.9 Å². The van der Waals surface area contributed by atoms with E-state index in [2.05, 4.69) is 10.0 Å². The second-order valence-electron chi connectivity index (χ2n) is 8.11. The molecular formula is C25H28N2O3S. The maximum Gasteiger partial charge on any atom is 0.251 e. The van der Waals surface area contributed by atoms with Crippen LogP contribution in [0.15, 0.2) is 83.8 Å². The van der Waals surface area contributed by atoms with E-state index in [9.17, 15) is 13.2 Å². The lowest BCUT2D eigenvalue weighted by Crippen LogP contribution is -2.42. The van der Waals surface area contributed by atoms with E-state index in [0.29, 0.717) is 5.56 Å². The van der Waals surface area contributed by atoms with Gasteiger partial charge < -0.3 is 5.32 Å². The Balaban J connectivity index is 1.74. The Bertz CT molecular complexity index is 1140. The number of rotatable bonds is 8. The van der Waals surface area contributed by atoms with Crippen molar-refractivity contribution in [3.05, 3.63) is 90.0 Å². The quantitative estimate of drug-likeness (QED) is 0.535. The van der Waals surface area contributed by atoms with Crippen molar-refractivity contribution in [1.82, 2.24) is 10.0 Å². The van der Waals surface area contributed by atoms with Crippen LogP contribution in [0.3, 0.4) is 0 Å². The van der Waals surface area contributed by atoms with Gasteiger partial charge in [0.05, 0.1) is 4.90 Å². The third-order valence-electron chi connectivity index (χ3n) is 5.27. The lowest BCUT2D eigenvalue weighted by molar-refractivity contribution is 0.0911. The van der Waals surface area contributed by atoms with Crippen molar-refractivity contribution >= 4 is 15.9 Å². The van der Waals surface area contributed by atoms with Crippen LogP contribution < -0.4 is 10.0 Å². The van der Waals surface area contributed by atoms with Gasteiger partial charge in [0.1, 0.15) is 0 Å². The zero-order valence-corrected chi connectivity index (χ0v) is 18.9. The molecule has 0 radical (unpaired) electrons. The molecule has 0 atom stereocenters. The fraction of sp³-hybridized carbons (Fsp3) is 0.240. The van der Waals surface area contributed by atoms with Gasteiger partial charge in [0.25, 0.3) is 5.91 Å². The topological polar surface area (TPSA) is 75.3 Å². The van der Waals surface area contributed by atoms with Gasteiger partial charge in [0.15, 0.2) is 0 Å². The fourth-order valence-corrected chi connectivity index (χ4v) is 4.01. The van der Waals surface area contributed by atoms with E-state index in [4.69, 9.17) is 0 Å². The van der Waals surface area contributed by atoms with E-state index >= 15 is 0 Å². The summed E-state index contributed by atoms with van der Waals surface area (Å²) < 4.78 is 27.8. The van der Waals surface area contributed by atoms with Crippen molar-refractivity contribution in [1.29, 1.82) is 0 Å². The van der Waals surface area contributed by atoms with Crippen molar-refractivity contribution in [2.24, 2.45) is 0 Å². The fourth-order valence-electron chi connectivity index (χ4n) is 2.99. The highest BCUT2D eigenvalue weighted by atomic mass is 32.2. The molecule has 0 aliphatic carbocycles. The molecule has 0 saturated carbocycles. The van der Waals surface area contributed by atoms with E-state index in [0.717, 1.165) is 23.1 Å². The summed E-state index contributed by atoms with van der Waals surface area (Å²) in [6.07, 6.45) is 0.826. The predicted molar refractivity (Wildman–Crippen MR) is 124 cm³/mol. The first-order valence-electron chi connectivity index (χ1n) is 10.3. The molecule has 0 fully saturated rings. The van der Waals surface area contributed by atoms with Crippen LogP contribution in [0, 0.1) is 0 Å². The molecule has 0 saturated heterocycles. The van der Waals surface area contributed by atoms with Crippen LogP contribution in [0.1, 0.15) is 43.1 Å². The summed E-state index contributed by atoms with van der Waals surface area (Å²) in [6, 6.07) is 23.4. The van der Waals surface area contributed by atoms with Gasteiger partial charge in [-0.3, -0.25) is 4.79 Å². The molecule has 0 aromatic heterocycles. The molecule has 3 rings (SSSR count). The van der Waals surface area contributed by atoms with Crippen molar-refractivity contribution in [3.8, 4) is 11.1 Å². The minimum atomic E-state index is -3.62. The van der Waals surface area contributed by atoms with Crippen molar-refractivity contribution in [3.63, 3.8) is 0 Å². The molecule has 31 heavy (non-hydrogen) atoms. The summed E-state index contributed by atoms with van der Waals surface area (Å²) in [5.74, 6) is -0.127. The molecular weight excluding hydrogens is 408 g/mol. The third-order valence-corrected chi connectivity index (χ3v) is 6.68. The molecule has 3 aromatic carbocycles. The second-order valence-corrected chi connectivity index (χ2v) is 9.87. The first-order valence-corrected chi connectivity index (χ1v) is 11.8. The van der Waals surface area contributed by atoms with Gasteiger partial charge in [0.2, 0.25) is 10.0 Å². The first kappa shape index (κ1) is 22.7. The third kappa shape index (κ3) is 6.03. The van der Waals surface area contributed by atoms with Gasteiger partial charge in [0, 0.05) is 17.6 Å². The molecule has 0 aliphatic rings. The molecule has 0 heterocycles. The van der Waals surface area contributed by atoms with Gasteiger partial charge in [-0.05, 0) is 61.2 Å². The Morgan fingerprint density at radius 1 is 0.871 bits per heavy atom. The van der Waals surface area contributed by atoms with Crippen LogP contribution in [0.4, 0.5) is 0 Å². The molecule has 5 nitrogen and oxygen atoms in total. The van der Waals surface area contributed by atoms with Crippen molar-refractivity contribution in [2.45, 2.75) is 44.2 Å². The standard InChI is InChI=1S/C25H28N2O3S/c1-4-25(2,3)27-24(28)22-12-8-11-21(17-22)20-13-15-23(16-14-20)31(29,30)26-18-19-9-6-5-7-10-19/h5-17,26H,4,18H2,1-3H3,(H,27,28). The number of carbonyl (C=O) groups excluding carboxylic acids is 1. The lowest BCUT2D eigenvalue weighted by Gasteiger charge is -2.24. The number of benzene rings is 3. The summed E-state index contributed by atoms with van der Waals surface area (Å²) in [5, 5.41) is 3.03. The number of sulfonamides is 1. The zero-order valence-electron chi connectivity index (χ0n) is 18.1. The van der Waals surface area contributed by atoms with Gasteiger partial charge in [-0.1, -0.05) is 61.5 Å². The Labute approximate surface area is 184 Å². The Kier molecular flexibility index (Phi) is 6.93. The lowest BCUT2D eigenvalue weighted by atomic mass is 9.99. The number of amides is 1. The monoisotopic (exact) mass is 436 g/mol. The average molecular weight is 437 g/mol. The van der Waals surface area contributed by atoms with Crippen molar-refractivity contribution < 1.29 is 13.2 Å². The largest absolute Gasteiger partial charge is 0.347 e.